The van der Waals surface area contributed by atoms with Gasteiger partial charge in [0.25, 0.3) is 0 Å². The maximum atomic E-state index is 12.4. The number of amides is 1. The number of benzene rings is 1. The van der Waals surface area contributed by atoms with Crippen molar-refractivity contribution in [1.29, 1.82) is 0 Å². The Morgan fingerprint density at radius 1 is 1.38 bits per heavy atom. The lowest BCUT2D eigenvalue weighted by Gasteiger charge is -2.27. The molecule has 21 heavy (non-hydrogen) atoms. The molecule has 1 rings (SSSR count). The lowest BCUT2D eigenvalue weighted by atomic mass is 9.92. The highest BCUT2D eigenvalue weighted by Gasteiger charge is 2.31. The number of nitrogens with one attached hydrogen (secondary N) is 1. The van der Waals surface area contributed by atoms with Crippen molar-refractivity contribution in [2.75, 3.05) is 13.7 Å². The Balaban J connectivity index is 0.00000400. The molecule has 1 aromatic carbocycles. The summed E-state index contributed by atoms with van der Waals surface area (Å²) in [6.45, 7) is 4.38. The Labute approximate surface area is 133 Å². The molecule has 4 nitrogen and oxygen atoms in total. The average Bonchev–Trinajstić information content (AvgIpc) is 2.45. The molecule has 0 spiro atoms. The standard InChI is InChI=1S/C16H26N2O2.ClH/c1-4-5-11-14(12-20-3)18-15(19)16(2,17)13-9-7-6-8-10-13;/h6-10,14H,4-5,11-12,17H2,1-3H3,(H,18,19);1H. The first-order chi connectivity index (χ1) is 9.52. The van der Waals surface area contributed by atoms with Gasteiger partial charge in [-0.2, -0.15) is 0 Å². The summed E-state index contributed by atoms with van der Waals surface area (Å²) in [4.78, 5) is 12.4. The second-order valence-corrected chi connectivity index (χ2v) is 5.34. The van der Waals surface area contributed by atoms with Crippen molar-refractivity contribution in [3.05, 3.63) is 35.9 Å². The topological polar surface area (TPSA) is 64.3 Å². The Bertz CT molecular complexity index is 410. The van der Waals surface area contributed by atoms with Crippen LogP contribution in [-0.4, -0.2) is 25.7 Å². The zero-order chi connectivity index (χ0) is 15.0. The van der Waals surface area contributed by atoms with Crippen LogP contribution < -0.4 is 11.1 Å². The summed E-state index contributed by atoms with van der Waals surface area (Å²) in [7, 11) is 1.64. The summed E-state index contributed by atoms with van der Waals surface area (Å²) < 4.78 is 5.16. The first-order valence-corrected chi connectivity index (χ1v) is 7.16. The maximum Gasteiger partial charge on any atom is 0.244 e. The van der Waals surface area contributed by atoms with E-state index in [0.717, 1.165) is 24.8 Å². The normalized spacial score (nSPS) is 14.7. The molecule has 0 radical (unpaired) electrons. The summed E-state index contributed by atoms with van der Waals surface area (Å²) in [6, 6.07) is 9.44. The van der Waals surface area contributed by atoms with Crippen LogP contribution in [0.4, 0.5) is 0 Å². The van der Waals surface area contributed by atoms with Crippen LogP contribution in [-0.2, 0) is 15.1 Å². The van der Waals surface area contributed by atoms with E-state index < -0.39 is 5.54 Å². The highest BCUT2D eigenvalue weighted by atomic mass is 35.5. The second-order valence-electron chi connectivity index (χ2n) is 5.34. The number of ether oxygens (including phenoxy) is 1. The molecule has 5 heteroatoms. The molecule has 0 heterocycles. The van der Waals surface area contributed by atoms with Crippen molar-refractivity contribution in [3.8, 4) is 0 Å². The fraction of sp³-hybridized carbons (Fsp3) is 0.562. The van der Waals surface area contributed by atoms with Gasteiger partial charge in [-0.05, 0) is 18.9 Å². The smallest absolute Gasteiger partial charge is 0.244 e. The molecule has 2 unspecified atom stereocenters. The third-order valence-electron chi connectivity index (χ3n) is 3.45. The van der Waals surface area contributed by atoms with Gasteiger partial charge >= 0.3 is 0 Å². The van der Waals surface area contributed by atoms with Crippen LogP contribution in [0.5, 0.6) is 0 Å². The van der Waals surface area contributed by atoms with Gasteiger partial charge in [0.2, 0.25) is 5.91 Å². The summed E-state index contributed by atoms with van der Waals surface area (Å²) in [6.07, 6.45) is 3.05. The zero-order valence-electron chi connectivity index (χ0n) is 13.1. The first-order valence-electron chi connectivity index (χ1n) is 7.16. The lowest BCUT2D eigenvalue weighted by molar-refractivity contribution is -0.127. The van der Waals surface area contributed by atoms with Crippen LogP contribution in [0.2, 0.25) is 0 Å². The molecule has 1 amide bonds. The minimum atomic E-state index is -1.03. The molecule has 0 aliphatic rings. The molecule has 0 saturated heterocycles. The largest absolute Gasteiger partial charge is 0.383 e. The van der Waals surface area contributed by atoms with E-state index in [1.54, 1.807) is 14.0 Å². The van der Waals surface area contributed by atoms with Crippen LogP contribution in [0.1, 0.15) is 38.7 Å². The first kappa shape index (κ1) is 19.9. The molecule has 2 atom stereocenters. The summed E-state index contributed by atoms with van der Waals surface area (Å²) in [5, 5.41) is 3.00. The Hall–Kier alpha value is -1.10. The van der Waals surface area contributed by atoms with Crippen LogP contribution in [0.25, 0.3) is 0 Å². The fourth-order valence-electron chi connectivity index (χ4n) is 2.10. The van der Waals surface area contributed by atoms with Gasteiger partial charge in [0.1, 0.15) is 5.54 Å². The summed E-state index contributed by atoms with van der Waals surface area (Å²) >= 11 is 0. The van der Waals surface area contributed by atoms with Gasteiger partial charge in [-0.15, -0.1) is 12.4 Å². The van der Waals surface area contributed by atoms with E-state index in [1.807, 2.05) is 30.3 Å². The number of carbonyl (C=O) groups excluding carboxylic acids is 1. The Kier molecular flexibility index (Phi) is 9.26. The van der Waals surface area contributed by atoms with E-state index in [0.29, 0.717) is 6.61 Å². The van der Waals surface area contributed by atoms with E-state index in [1.165, 1.54) is 0 Å². The van der Waals surface area contributed by atoms with Crippen LogP contribution in [0.15, 0.2) is 30.3 Å². The molecule has 1 aromatic rings. The van der Waals surface area contributed by atoms with E-state index in [4.69, 9.17) is 10.5 Å². The highest BCUT2D eigenvalue weighted by molar-refractivity contribution is 5.87. The minimum absolute atomic E-state index is 0. The molecule has 0 fully saturated rings. The van der Waals surface area contributed by atoms with Crippen molar-refractivity contribution >= 4 is 18.3 Å². The van der Waals surface area contributed by atoms with Gasteiger partial charge in [0.15, 0.2) is 0 Å². The summed E-state index contributed by atoms with van der Waals surface area (Å²) in [5.41, 5.74) is 5.98. The lowest BCUT2D eigenvalue weighted by Crippen LogP contribution is -2.52. The maximum absolute atomic E-state index is 12.4. The molecular weight excluding hydrogens is 288 g/mol. The minimum Gasteiger partial charge on any atom is -0.383 e. The van der Waals surface area contributed by atoms with Crippen molar-refractivity contribution in [1.82, 2.24) is 5.32 Å². The van der Waals surface area contributed by atoms with Gasteiger partial charge in [0.05, 0.1) is 12.6 Å². The fourth-order valence-corrected chi connectivity index (χ4v) is 2.10. The molecular formula is C16H27ClN2O2. The van der Waals surface area contributed by atoms with Crippen LogP contribution in [0.3, 0.4) is 0 Å². The summed E-state index contributed by atoms with van der Waals surface area (Å²) in [5.74, 6) is -0.165. The zero-order valence-corrected chi connectivity index (χ0v) is 13.9. The number of hydrogen-bond acceptors (Lipinski definition) is 3. The predicted octanol–water partition coefficient (Wildman–Crippen LogP) is 2.60. The molecule has 0 aromatic heterocycles. The average molecular weight is 315 g/mol. The van der Waals surface area contributed by atoms with Gasteiger partial charge in [-0.3, -0.25) is 4.79 Å². The Morgan fingerprint density at radius 3 is 2.52 bits per heavy atom. The van der Waals surface area contributed by atoms with E-state index >= 15 is 0 Å². The van der Waals surface area contributed by atoms with Crippen molar-refractivity contribution in [3.63, 3.8) is 0 Å². The monoisotopic (exact) mass is 314 g/mol. The van der Waals surface area contributed by atoms with Crippen LogP contribution in [0, 0.1) is 0 Å². The van der Waals surface area contributed by atoms with Crippen molar-refractivity contribution < 1.29 is 9.53 Å². The third kappa shape index (κ3) is 6.04. The number of carbonyl (C=O) groups is 1. The number of hydrogen-bond donors (Lipinski definition) is 2. The van der Waals surface area contributed by atoms with Gasteiger partial charge < -0.3 is 15.8 Å². The molecule has 0 aliphatic heterocycles. The number of methoxy groups -OCH3 is 1. The molecule has 3 N–H and O–H groups in total. The van der Waals surface area contributed by atoms with Crippen molar-refractivity contribution in [2.45, 2.75) is 44.7 Å². The number of rotatable bonds is 8. The molecule has 120 valence electrons. The van der Waals surface area contributed by atoms with Gasteiger partial charge in [-0.25, -0.2) is 0 Å². The van der Waals surface area contributed by atoms with E-state index in [2.05, 4.69) is 12.2 Å². The van der Waals surface area contributed by atoms with Gasteiger partial charge in [0, 0.05) is 7.11 Å². The van der Waals surface area contributed by atoms with Crippen molar-refractivity contribution in [2.24, 2.45) is 5.73 Å². The third-order valence-corrected chi connectivity index (χ3v) is 3.45. The van der Waals surface area contributed by atoms with Gasteiger partial charge in [-0.1, -0.05) is 50.1 Å². The molecule has 0 saturated carbocycles. The number of nitrogens with two attached hydrogens (primary N) is 1. The highest BCUT2D eigenvalue weighted by Crippen LogP contribution is 2.18. The number of halogens is 1. The quantitative estimate of drug-likeness (QED) is 0.775. The number of unbranched alkanes of at least 4 members (excludes halogenated alkanes) is 1. The SMILES string of the molecule is CCCCC(COC)NC(=O)C(C)(N)c1ccccc1.Cl. The predicted molar refractivity (Wildman–Crippen MR) is 88.6 cm³/mol. The van der Waals surface area contributed by atoms with E-state index in [-0.39, 0.29) is 24.4 Å². The van der Waals surface area contributed by atoms with E-state index in [9.17, 15) is 4.79 Å². The molecule has 0 bridgehead atoms. The Morgan fingerprint density at radius 2 is 2.00 bits per heavy atom. The van der Waals surface area contributed by atoms with Crippen LogP contribution >= 0.6 is 12.4 Å². The second kappa shape index (κ2) is 9.77. The molecule has 0 aliphatic carbocycles.